The minimum Gasteiger partial charge on any atom is -0.464 e. The Kier molecular flexibility index (Phi) is 8.86. The number of anilines is 1. The maximum absolute atomic E-state index is 12.5. The zero-order chi connectivity index (χ0) is 23.9. The fourth-order valence-corrected chi connectivity index (χ4v) is 3.09. The normalized spacial score (nSPS) is 11.9. The molecule has 10 heteroatoms. The molecule has 0 unspecified atom stereocenters. The van der Waals surface area contributed by atoms with Gasteiger partial charge in [0.25, 0.3) is 5.91 Å². The fourth-order valence-electron chi connectivity index (χ4n) is 2.63. The SMILES string of the molecule is CCOC(=O)[C@H](Cc1ccc(C(=O)Nc2c(Cl)cncc2Cl)cc1)NC(=O)OC(C)(C)C. The number of alkyl carbamates (subject to hydrolysis) is 1. The van der Waals surface area contributed by atoms with Crippen LogP contribution in [0, 0.1) is 0 Å². The zero-order valence-electron chi connectivity index (χ0n) is 18.2. The van der Waals surface area contributed by atoms with Crippen LogP contribution in [0.4, 0.5) is 10.5 Å². The monoisotopic (exact) mass is 481 g/mol. The highest BCUT2D eigenvalue weighted by atomic mass is 35.5. The first-order valence-electron chi connectivity index (χ1n) is 9.85. The topological polar surface area (TPSA) is 107 Å². The minimum absolute atomic E-state index is 0.155. The lowest BCUT2D eigenvalue weighted by atomic mass is 10.0. The summed E-state index contributed by atoms with van der Waals surface area (Å²) in [4.78, 5) is 40.8. The molecule has 1 aromatic carbocycles. The van der Waals surface area contributed by atoms with Crippen molar-refractivity contribution in [3.05, 3.63) is 57.8 Å². The van der Waals surface area contributed by atoms with Crippen LogP contribution in [0.3, 0.4) is 0 Å². The summed E-state index contributed by atoms with van der Waals surface area (Å²) in [6.07, 6.45) is 2.18. The number of amides is 2. The van der Waals surface area contributed by atoms with Gasteiger partial charge in [-0.15, -0.1) is 0 Å². The van der Waals surface area contributed by atoms with Crippen LogP contribution in [0.2, 0.25) is 10.0 Å². The summed E-state index contributed by atoms with van der Waals surface area (Å²) in [5.41, 5.74) is 0.612. The second kappa shape index (κ2) is 11.2. The van der Waals surface area contributed by atoms with Gasteiger partial charge in [-0.3, -0.25) is 9.78 Å². The Bertz CT molecular complexity index is 954. The first-order chi connectivity index (χ1) is 15.0. The quantitative estimate of drug-likeness (QED) is 0.557. The molecular weight excluding hydrogens is 457 g/mol. The van der Waals surface area contributed by atoms with Crippen molar-refractivity contribution in [3.8, 4) is 0 Å². The van der Waals surface area contributed by atoms with Crippen molar-refractivity contribution >= 4 is 46.9 Å². The molecule has 1 aromatic heterocycles. The highest BCUT2D eigenvalue weighted by molar-refractivity contribution is 6.39. The van der Waals surface area contributed by atoms with Crippen molar-refractivity contribution < 1.29 is 23.9 Å². The Morgan fingerprint density at radius 3 is 2.19 bits per heavy atom. The third kappa shape index (κ3) is 7.69. The molecule has 0 fully saturated rings. The van der Waals surface area contributed by atoms with Gasteiger partial charge in [-0.25, -0.2) is 9.59 Å². The minimum atomic E-state index is -0.945. The van der Waals surface area contributed by atoms with E-state index in [9.17, 15) is 14.4 Å². The van der Waals surface area contributed by atoms with Gasteiger partial charge in [-0.1, -0.05) is 35.3 Å². The molecule has 0 radical (unpaired) electrons. The summed E-state index contributed by atoms with van der Waals surface area (Å²) in [7, 11) is 0. The fraction of sp³-hybridized carbons (Fsp3) is 0.364. The molecule has 1 atom stereocenters. The molecule has 2 rings (SSSR count). The van der Waals surface area contributed by atoms with Gasteiger partial charge in [0.1, 0.15) is 11.6 Å². The van der Waals surface area contributed by atoms with E-state index in [-0.39, 0.29) is 28.8 Å². The molecule has 8 nitrogen and oxygen atoms in total. The molecule has 2 N–H and O–H groups in total. The van der Waals surface area contributed by atoms with E-state index in [0.29, 0.717) is 11.1 Å². The van der Waals surface area contributed by atoms with E-state index in [4.69, 9.17) is 32.7 Å². The van der Waals surface area contributed by atoms with E-state index in [1.165, 1.54) is 12.4 Å². The van der Waals surface area contributed by atoms with Gasteiger partial charge in [0, 0.05) is 24.4 Å². The van der Waals surface area contributed by atoms with Crippen molar-refractivity contribution in [1.29, 1.82) is 0 Å². The lowest BCUT2D eigenvalue weighted by Gasteiger charge is -2.23. The molecule has 0 aliphatic heterocycles. The van der Waals surface area contributed by atoms with E-state index in [1.807, 2.05) is 0 Å². The van der Waals surface area contributed by atoms with Crippen molar-refractivity contribution in [1.82, 2.24) is 10.3 Å². The lowest BCUT2D eigenvalue weighted by Crippen LogP contribution is -2.45. The molecule has 0 aliphatic carbocycles. The molecule has 172 valence electrons. The van der Waals surface area contributed by atoms with Crippen molar-refractivity contribution in [2.75, 3.05) is 11.9 Å². The second-order valence-corrected chi connectivity index (χ2v) is 8.60. The van der Waals surface area contributed by atoms with Crippen LogP contribution in [0.1, 0.15) is 43.6 Å². The first-order valence-corrected chi connectivity index (χ1v) is 10.6. The Morgan fingerprint density at radius 1 is 1.06 bits per heavy atom. The zero-order valence-corrected chi connectivity index (χ0v) is 19.7. The smallest absolute Gasteiger partial charge is 0.408 e. The third-order valence-corrected chi connectivity index (χ3v) is 4.58. The van der Waals surface area contributed by atoms with Crippen LogP contribution in [-0.4, -0.2) is 41.2 Å². The summed E-state index contributed by atoms with van der Waals surface area (Å²) in [5, 5.41) is 5.62. The van der Waals surface area contributed by atoms with Crippen LogP contribution in [0.25, 0.3) is 0 Å². The maximum atomic E-state index is 12.5. The Balaban J connectivity index is 2.10. The molecule has 1 heterocycles. The van der Waals surface area contributed by atoms with Crippen LogP contribution < -0.4 is 10.6 Å². The molecule has 2 aromatic rings. The lowest BCUT2D eigenvalue weighted by molar-refractivity contribution is -0.145. The van der Waals surface area contributed by atoms with Crippen LogP contribution in [0.15, 0.2) is 36.7 Å². The number of esters is 1. The summed E-state index contributed by atoms with van der Waals surface area (Å²) >= 11 is 12.1. The first kappa shape index (κ1) is 25.4. The number of pyridine rings is 1. The van der Waals surface area contributed by atoms with Gasteiger partial charge < -0.3 is 20.1 Å². The molecule has 0 saturated heterocycles. The van der Waals surface area contributed by atoms with Gasteiger partial charge in [-0.2, -0.15) is 0 Å². The number of halogens is 2. The molecule has 0 spiro atoms. The Morgan fingerprint density at radius 2 is 1.66 bits per heavy atom. The van der Waals surface area contributed by atoms with E-state index in [0.717, 1.165) is 0 Å². The molecule has 0 bridgehead atoms. The van der Waals surface area contributed by atoms with E-state index < -0.39 is 29.6 Å². The standard InChI is InChI=1S/C22H25Cl2N3O5/c1-5-31-20(29)17(26-21(30)32-22(2,3)4)10-13-6-8-14(9-7-13)19(28)27-18-15(23)11-25-12-16(18)24/h6-9,11-12,17H,5,10H2,1-4H3,(H,26,30)(H,25,27,28)/t17-/m0/s1. The average Bonchev–Trinajstić information content (AvgIpc) is 2.69. The molecular formula is C22H25Cl2N3O5. The second-order valence-electron chi connectivity index (χ2n) is 7.78. The maximum Gasteiger partial charge on any atom is 0.408 e. The predicted octanol–water partition coefficient (Wildman–Crippen LogP) is 4.64. The van der Waals surface area contributed by atoms with E-state index >= 15 is 0 Å². The van der Waals surface area contributed by atoms with Gasteiger partial charge >= 0.3 is 12.1 Å². The summed E-state index contributed by atoms with van der Waals surface area (Å²) < 4.78 is 10.3. The number of nitrogens with one attached hydrogen (secondary N) is 2. The van der Waals surface area contributed by atoms with E-state index in [2.05, 4.69) is 15.6 Å². The number of benzene rings is 1. The summed E-state index contributed by atoms with van der Waals surface area (Å²) in [6, 6.07) is 5.58. The van der Waals surface area contributed by atoms with Crippen molar-refractivity contribution in [3.63, 3.8) is 0 Å². The molecule has 2 amide bonds. The average molecular weight is 482 g/mol. The summed E-state index contributed by atoms with van der Waals surface area (Å²) in [5.74, 6) is -0.998. The number of carbonyl (C=O) groups is 3. The Labute approximate surface area is 196 Å². The van der Waals surface area contributed by atoms with Gasteiger partial charge in [0.2, 0.25) is 0 Å². The van der Waals surface area contributed by atoms with Crippen LogP contribution in [-0.2, 0) is 20.7 Å². The largest absolute Gasteiger partial charge is 0.464 e. The highest BCUT2D eigenvalue weighted by Gasteiger charge is 2.26. The van der Waals surface area contributed by atoms with E-state index in [1.54, 1.807) is 52.0 Å². The van der Waals surface area contributed by atoms with Crippen LogP contribution >= 0.6 is 23.2 Å². The van der Waals surface area contributed by atoms with Crippen LogP contribution in [0.5, 0.6) is 0 Å². The number of hydrogen-bond donors (Lipinski definition) is 2. The van der Waals surface area contributed by atoms with Crippen molar-refractivity contribution in [2.24, 2.45) is 0 Å². The van der Waals surface area contributed by atoms with Gasteiger partial charge in [-0.05, 0) is 45.4 Å². The van der Waals surface area contributed by atoms with Crippen molar-refractivity contribution in [2.45, 2.75) is 45.8 Å². The van der Waals surface area contributed by atoms with Gasteiger partial charge in [0.15, 0.2) is 0 Å². The number of hydrogen-bond acceptors (Lipinski definition) is 6. The number of aromatic nitrogens is 1. The third-order valence-electron chi connectivity index (χ3n) is 4.01. The number of ether oxygens (including phenoxy) is 2. The number of nitrogens with zero attached hydrogens (tertiary/aromatic N) is 1. The Hall–Kier alpha value is -2.84. The number of rotatable bonds is 7. The predicted molar refractivity (Wildman–Crippen MR) is 122 cm³/mol. The van der Waals surface area contributed by atoms with Gasteiger partial charge in [0.05, 0.1) is 22.3 Å². The number of carbonyl (C=O) groups excluding carboxylic acids is 3. The molecule has 0 aliphatic rings. The molecule has 32 heavy (non-hydrogen) atoms. The molecule has 0 saturated carbocycles. The summed E-state index contributed by atoms with van der Waals surface area (Å²) in [6.45, 7) is 7.02. The highest BCUT2D eigenvalue weighted by Crippen LogP contribution is 2.29.